The molecule has 4 aromatic rings. The van der Waals surface area contributed by atoms with Gasteiger partial charge in [-0.1, -0.05) is 31.9 Å². The smallest absolute Gasteiger partial charge is 0.307 e. The first-order valence-corrected chi connectivity index (χ1v) is 10.6. The second kappa shape index (κ2) is 8.20. The lowest BCUT2D eigenvalue weighted by Gasteiger charge is -2.11. The van der Waals surface area contributed by atoms with Gasteiger partial charge in [-0.15, -0.1) is 0 Å². The summed E-state index contributed by atoms with van der Waals surface area (Å²) < 4.78 is 23.4. The van der Waals surface area contributed by atoms with Crippen molar-refractivity contribution in [3.8, 4) is 5.69 Å². The standard InChI is InChI=1S/C22H16Br2FN3O2/c1-12-7-15(13(2)28(12)19-5-3-17(24)10-18(19)25)11-26-27-22(29)21-9-14-8-16(23)4-6-20(14)30-21/h3-11H,1-2H3,(H,27,29)/b26-11+. The van der Waals surface area contributed by atoms with Crippen molar-refractivity contribution in [1.82, 2.24) is 9.99 Å². The number of halogens is 3. The van der Waals surface area contributed by atoms with Crippen molar-refractivity contribution >= 4 is 55.0 Å². The van der Waals surface area contributed by atoms with Crippen LogP contribution in [0.25, 0.3) is 16.7 Å². The normalized spacial score (nSPS) is 11.5. The van der Waals surface area contributed by atoms with Crippen LogP contribution in [-0.2, 0) is 0 Å². The molecule has 0 bridgehead atoms. The van der Waals surface area contributed by atoms with E-state index in [1.54, 1.807) is 24.3 Å². The van der Waals surface area contributed by atoms with Gasteiger partial charge in [-0.2, -0.15) is 5.10 Å². The lowest BCUT2D eigenvalue weighted by molar-refractivity contribution is 0.0929. The molecule has 0 aliphatic carbocycles. The average Bonchev–Trinajstić information content (AvgIpc) is 3.23. The van der Waals surface area contributed by atoms with Crippen molar-refractivity contribution in [3.05, 3.63) is 86.0 Å². The summed E-state index contributed by atoms with van der Waals surface area (Å²) in [4.78, 5) is 12.4. The molecule has 1 amide bonds. The van der Waals surface area contributed by atoms with E-state index in [9.17, 15) is 9.18 Å². The van der Waals surface area contributed by atoms with Gasteiger partial charge in [-0.05, 0) is 62.4 Å². The third-order valence-electron chi connectivity index (χ3n) is 4.69. The molecule has 30 heavy (non-hydrogen) atoms. The minimum Gasteiger partial charge on any atom is -0.451 e. The van der Waals surface area contributed by atoms with Crippen LogP contribution < -0.4 is 5.43 Å². The molecule has 0 unspecified atom stereocenters. The molecule has 2 heterocycles. The summed E-state index contributed by atoms with van der Waals surface area (Å²) in [6, 6.07) is 14.0. The Morgan fingerprint density at radius 1 is 1.10 bits per heavy atom. The molecule has 8 heteroatoms. The van der Waals surface area contributed by atoms with Crippen LogP contribution in [-0.4, -0.2) is 16.7 Å². The maximum atomic E-state index is 14.4. The summed E-state index contributed by atoms with van der Waals surface area (Å²) in [5.74, 6) is -0.617. The van der Waals surface area contributed by atoms with Gasteiger partial charge >= 0.3 is 5.91 Å². The maximum Gasteiger partial charge on any atom is 0.307 e. The van der Waals surface area contributed by atoms with Gasteiger partial charge < -0.3 is 8.98 Å². The van der Waals surface area contributed by atoms with Crippen molar-refractivity contribution in [2.45, 2.75) is 13.8 Å². The third-order valence-corrected chi connectivity index (χ3v) is 5.68. The Hall–Kier alpha value is -2.71. The van der Waals surface area contributed by atoms with Crippen LogP contribution in [0.1, 0.15) is 27.5 Å². The molecular formula is C22H16Br2FN3O2. The highest BCUT2D eigenvalue weighted by atomic mass is 79.9. The Morgan fingerprint density at radius 2 is 1.83 bits per heavy atom. The quantitative estimate of drug-likeness (QED) is 0.249. The number of rotatable bonds is 4. The number of hydrazone groups is 1. The molecule has 4 rings (SSSR count). The number of amides is 1. The second-order valence-corrected chi connectivity index (χ2v) is 8.58. The number of aryl methyl sites for hydroxylation is 1. The van der Waals surface area contributed by atoms with Gasteiger partial charge in [0.05, 0.1) is 11.9 Å². The molecule has 152 valence electrons. The molecular weight excluding hydrogens is 517 g/mol. The SMILES string of the molecule is Cc1cc(/C=N/NC(=O)c2cc3cc(Br)ccc3o2)c(C)n1-c1ccc(Br)cc1F. The zero-order valence-electron chi connectivity index (χ0n) is 16.0. The number of hydrogen-bond donors (Lipinski definition) is 1. The lowest BCUT2D eigenvalue weighted by Crippen LogP contribution is -2.16. The highest BCUT2D eigenvalue weighted by Crippen LogP contribution is 2.25. The minimum atomic E-state index is -0.452. The zero-order chi connectivity index (χ0) is 21.4. The molecule has 0 radical (unpaired) electrons. The fourth-order valence-corrected chi connectivity index (χ4v) is 4.01. The number of nitrogens with zero attached hydrogens (tertiary/aromatic N) is 2. The summed E-state index contributed by atoms with van der Waals surface area (Å²) in [5, 5.41) is 4.86. The Labute approximate surface area is 188 Å². The molecule has 2 aromatic heterocycles. The molecule has 0 fully saturated rings. The van der Waals surface area contributed by atoms with Crippen LogP contribution in [0.5, 0.6) is 0 Å². The number of aromatic nitrogens is 1. The molecule has 0 aliphatic rings. The van der Waals surface area contributed by atoms with Crippen LogP contribution in [0.15, 0.2) is 67.0 Å². The molecule has 1 N–H and O–H groups in total. The number of hydrogen-bond acceptors (Lipinski definition) is 3. The van der Waals surface area contributed by atoms with Gasteiger partial charge in [-0.3, -0.25) is 4.79 Å². The topological polar surface area (TPSA) is 59.5 Å². The van der Waals surface area contributed by atoms with Gasteiger partial charge in [0.15, 0.2) is 5.76 Å². The molecule has 0 aliphatic heterocycles. The number of carbonyl (C=O) groups excluding carboxylic acids is 1. The van der Waals surface area contributed by atoms with Crippen LogP contribution in [0, 0.1) is 19.7 Å². The monoisotopic (exact) mass is 531 g/mol. The Bertz CT molecular complexity index is 1310. The molecule has 0 saturated heterocycles. The molecule has 5 nitrogen and oxygen atoms in total. The summed E-state index contributed by atoms with van der Waals surface area (Å²) >= 11 is 6.66. The third kappa shape index (κ3) is 3.97. The first kappa shape index (κ1) is 20.6. The number of furan rings is 1. The molecule has 0 saturated carbocycles. The number of carbonyl (C=O) groups is 1. The highest BCUT2D eigenvalue weighted by Gasteiger charge is 2.14. The summed E-state index contributed by atoms with van der Waals surface area (Å²) in [7, 11) is 0. The lowest BCUT2D eigenvalue weighted by atomic mass is 10.2. The number of benzene rings is 2. The summed E-state index contributed by atoms with van der Waals surface area (Å²) in [6.45, 7) is 3.76. The fourth-order valence-electron chi connectivity index (χ4n) is 3.29. The zero-order valence-corrected chi connectivity index (χ0v) is 19.2. The highest BCUT2D eigenvalue weighted by molar-refractivity contribution is 9.10. The van der Waals surface area contributed by atoms with E-state index in [1.807, 2.05) is 36.6 Å². The maximum absolute atomic E-state index is 14.4. The van der Waals surface area contributed by atoms with E-state index in [1.165, 1.54) is 12.3 Å². The van der Waals surface area contributed by atoms with Gasteiger partial charge in [-0.25, -0.2) is 9.82 Å². The van der Waals surface area contributed by atoms with Crippen LogP contribution in [0.4, 0.5) is 4.39 Å². The first-order chi connectivity index (χ1) is 14.3. The second-order valence-electron chi connectivity index (χ2n) is 6.75. The number of nitrogens with one attached hydrogen (secondary N) is 1. The molecule has 0 atom stereocenters. The van der Waals surface area contributed by atoms with Crippen molar-refractivity contribution in [1.29, 1.82) is 0 Å². The van der Waals surface area contributed by atoms with E-state index >= 15 is 0 Å². The predicted molar refractivity (Wildman–Crippen MR) is 122 cm³/mol. The Morgan fingerprint density at radius 3 is 2.60 bits per heavy atom. The summed E-state index contributed by atoms with van der Waals surface area (Å²) in [6.07, 6.45) is 1.53. The van der Waals surface area contributed by atoms with Crippen molar-refractivity contribution in [3.63, 3.8) is 0 Å². The van der Waals surface area contributed by atoms with E-state index in [-0.39, 0.29) is 11.6 Å². The van der Waals surface area contributed by atoms with Crippen molar-refractivity contribution in [2.75, 3.05) is 0 Å². The van der Waals surface area contributed by atoms with Crippen molar-refractivity contribution < 1.29 is 13.6 Å². The van der Waals surface area contributed by atoms with E-state index in [2.05, 4.69) is 42.4 Å². The minimum absolute atomic E-state index is 0.169. The fraction of sp³-hybridized carbons (Fsp3) is 0.0909. The van der Waals surface area contributed by atoms with E-state index < -0.39 is 5.91 Å². The first-order valence-electron chi connectivity index (χ1n) is 9.00. The van der Waals surface area contributed by atoms with Gasteiger partial charge in [0.25, 0.3) is 0 Å². The molecule has 0 spiro atoms. The van der Waals surface area contributed by atoms with E-state index in [0.29, 0.717) is 15.7 Å². The van der Waals surface area contributed by atoms with E-state index in [4.69, 9.17) is 4.42 Å². The van der Waals surface area contributed by atoms with Crippen LogP contribution in [0.3, 0.4) is 0 Å². The number of fused-ring (bicyclic) bond motifs is 1. The largest absolute Gasteiger partial charge is 0.451 e. The van der Waals surface area contributed by atoms with Gasteiger partial charge in [0.2, 0.25) is 0 Å². The Balaban J connectivity index is 1.54. The predicted octanol–water partition coefficient (Wildman–Crippen LogP) is 6.27. The van der Waals surface area contributed by atoms with Crippen LogP contribution in [0.2, 0.25) is 0 Å². The van der Waals surface area contributed by atoms with Crippen LogP contribution >= 0.6 is 31.9 Å². The van der Waals surface area contributed by atoms with E-state index in [0.717, 1.165) is 26.8 Å². The summed E-state index contributed by atoms with van der Waals surface area (Å²) in [5.41, 5.74) is 5.96. The van der Waals surface area contributed by atoms with Crippen molar-refractivity contribution in [2.24, 2.45) is 5.10 Å². The van der Waals surface area contributed by atoms with Gasteiger partial charge in [0.1, 0.15) is 11.4 Å². The van der Waals surface area contributed by atoms with Gasteiger partial charge in [0, 0.05) is 31.3 Å². The molecule has 2 aromatic carbocycles. The Kier molecular flexibility index (Phi) is 5.62. The average molecular weight is 533 g/mol.